The number of ether oxygens (including phenoxy) is 1. The zero-order valence-electron chi connectivity index (χ0n) is 9.86. The molecule has 0 aliphatic rings. The van der Waals surface area contributed by atoms with Crippen LogP contribution in [0.2, 0.25) is 0 Å². The van der Waals surface area contributed by atoms with Gasteiger partial charge in [-0.15, -0.1) is 0 Å². The van der Waals surface area contributed by atoms with Crippen LogP contribution in [0.25, 0.3) is 10.9 Å². The Morgan fingerprint density at radius 3 is 2.88 bits per heavy atom. The number of nitrogens with zero attached hydrogens (tertiary/aromatic N) is 1. The third-order valence-electron chi connectivity index (χ3n) is 2.84. The summed E-state index contributed by atoms with van der Waals surface area (Å²) < 4.78 is 5.25. The number of pyridine rings is 1. The normalized spacial score (nSPS) is 10.6. The first-order valence-electron chi connectivity index (χ1n) is 5.76. The molecule has 0 atom stereocenters. The second-order valence-corrected chi connectivity index (χ2v) is 3.96. The maximum Gasteiger partial charge on any atom is 0.119 e. The molecule has 0 fully saturated rings. The first-order chi connectivity index (χ1) is 7.85. The van der Waals surface area contributed by atoms with Crippen molar-refractivity contribution in [2.45, 2.75) is 26.2 Å². The fraction of sp³-hybridized carbons (Fsp3) is 0.357. The van der Waals surface area contributed by atoms with E-state index in [0.717, 1.165) is 17.7 Å². The SMILES string of the molecule is CCCCc1ccnc2ccc(OC)cc12. The fourth-order valence-corrected chi connectivity index (χ4v) is 1.89. The van der Waals surface area contributed by atoms with Crippen LogP contribution in [0, 0.1) is 0 Å². The number of fused-ring (bicyclic) bond motifs is 1. The van der Waals surface area contributed by atoms with Gasteiger partial charge in [-0.25, -0.2) is 0 Å². The Morgan fingerprint density at radius 2 is 2.12 bits per heavy atom. The molecule has 2 aromatic rings. The summed E-state index contributed by atoms with van der Waals surface area (Å²) in [6.45, 7) is 2.21. The topological polar surface area (TPSA) is 22.1 Å². The summed E-state index contributed by atoms with van der Waals surface area (Å²) in [5.74, 6) is 0.901. The number of hydrogen-bond donors (Lipinski definition) is 0. The zero-order chi connectivity index (χ0) is 11.4. The van der Waals surface area contributed by atoms with E-state index < -0.39 is 0 Å². The van der Waals surface area contributed by atoms with Crippen LogP contribution >= 0.6 is 0 Å². The highest BCUT2D eigenvalue weighted by atomic mass is 16.5. The second kappa shape index (κ2) is 4.97. The van der Waals surface area contributed by atoms with E-state index >= 15 is 0 Å². The van der Waals surface area contributed by atoms with Crippen molar-refractivity contribution < 1.29 is 4.74 Å². The Kier molecular flexibility index (Phi) is 3.40. The molecule has 0 radical (unpaired) electrons. The van der Waals surface area contributed by atoms with Crippen LogP contribution in [-0.4, -0.2) is 12.1 Å². The number of aryl methyl sites for hydroxylation is 1. The molecule has 2 nitrogen and oxygen atoms in total. The van der Waals surface area contributed by atoms with Crippen LogP contribution in [0.5, 0.6) is 5.75 Å². The third kappa shape index (κ3) is 2.16. The van der Waals surface area contributed by atoms with Crippen LogP contribution in [-0.2, 0) is 6.42 Å². The molecule has 1 aromatic carbocycles. The van der Waals surface area contributed by atoms with Crippen molar-refractivity contribution in [1.82, 2.24) is 4.98 Å². The van der Waals surface area contributed by atoms with Crippen LogP contribution in [0.15, 0.2) is 30.5 Å². The molecule has 0 amide bonds. The molecule has 2 heteroatoms. The van der Waals surface area contributed by atoms with Gasteiger partial charge in [-0.1, -0.05) is 13.3 Å². The van der Waals surface area contributed by atoms with Crippen LogP contribution in [0.3, 0.4) is 0 Å². The quantitative estimate of drug-likeness (QED) is 0.777. The lowest BCUT2D eigenvalue weighted by Gasteiger charge is -2.07. The summed E-state index contributed by atoms with van der Waals surface area (Å²) in [5, 5.41) is 1.22. The minimum absolute atomic E-state index is 0.901. The van der Waals surface area contributed by atoms with Crippen molar-refractivity contribution in [3.63, 3.8) is 0 Å². The van der Waals surface area contributed by atoms with Crippen molar-refractivity contribution in [2.75, 3.05) is 7.11 Å². The first kappa shape index (κ1) is 10.9. The third-order valence-corrected chi connectivity index (χ3v) is 2.84. The smallest absolute Gasteiger partial charge is 0.119 e. The van der Waals surface area contributed by atoms with Crippen molar-refractivity contribution >= 4 is 10.9 Å². The number of unbranched alkanes of at least 4 members (excludes halogenated alkanes) is 1. The molecular formula is C14H17NO. The Hall–Kier alpha value is -1.57. The van der Waals surface area contributed by atoms with Crippen molar-refractivity contribution in [2.24, 2.45) is 0 Å². The Morgan fingerprint density at radius 1 is 1.25 bits per heavy atom. The van der Waals surface area contributed by atoms with E-state index in [2.05, 4.69) is 24.0 Å². The molecule has 1 aromatic heterocycles. The highest BCUT2D eigenvalue weighted by Gasteiger charge is 2.03. The lowest BCUT2D eigenvalue weighted by molar-refractivity contribution is 0.415. The molecule has 0 bridgehead atoms. The van der Waals surface area contributed by atoms with Crippen molar-refractivity contribution in [1.29, 1.82) is 0 Å². The molecule has 0 unspecified atom stereocenters. The molecular weight excluding hydrogens is 198 g/mol. The molecule has 0 N–H and O–H groups in total. The molecule has 1 heterocycles. The predicted octanol–water partition coefficient (Wildman–Crippen LogP) is 3.59. The summed E-state index contributed by atoms with van der Waals surface area (Å²) in [4.78, 5) is 4.37. The molecule has 16 heavy (non-hydrogen) atoms. The monoisotopic (exact) mass is 215 g/mol. The number of aromatic nitrogens is 1. The lowest BCUT2D eigenvalue weighted by Crippen LogP contribution is -1.90. The van der Waals surface area contributed by atoms with Gasteiger partial charge >= 0.3 is 0 Å². The molecule has 0 aliphatic heterocycles. The minimum Gasteiger partial charge on any atom is -0.497 e. The summed E-state index contributed by atoms with van der Waals surface area (Å²) in [7, 11) is 1.70. The average Bonchev–Trinajstić information content (AvgIpc) is 2.35. The summed E-state index contributed by atoms with van der Waals surface area (Å²) in [6.07, 6.45) is 5.44. The van der Waals surface area contributed by atoms with Crippen molar-refractivity contribution in [3.8, 4) is 5.75 Å². The van der Waals surface area contributed by atoms with E-state index in [0.29, 0.717) is 0 Å². The van der Waals surface area contributed by atoms with Crippen LogP contribution in [0.1, 0.15) is 25.3 Å². The summed E-state index contributed by atoms with van der Waals surface area (Å²) >= 11 is 0. The predicted molar refractivity (Wildman–Crippen MR) is 66.9 cm³/mol. The maximum absolute atomic E-state index is 5.25. The Labute approximate surface area is 96.3 Å². The lowest BCUT2D eigenvalue weighted by atomic mass is 10.0. The number of benzene rings is 1. The second-order valence-electron chi connectivity index (χ2n) is 3.96. The first-order valence-corrected chi connectivity index (χ1v) is 5.76. The van der Waals surface area contributed by atoms with Crippen molar-refractivity contribution in [3.05, 3.63) is 36.0 Å². The van der Waals surface area contributed by atoms with Gasteiger partial charge < -0.3 is 4.74 Å². The van der Waals surface area contributed by atoms with E-state index in [1.54, 1.807) is 7.11 Å². The van der Waals surface area contributed by atoms with Gasteiger partial charge in [0.1, 0.15) is 5.75 Å². The van der Waals surface area contributed by atoms with Gasteiger partial charge in [-0.05, 0) is 42.7 Å². The number of hydrogen-bond acceptors (Lipinski definition) is 2. The summed E-state index contributed by atoms with van der Waals surface area (Å²) in [6, 6.07) is 8.16. The Balaban J connectivity index is 2.46. The van der Waals surface area contributed by atoms with E-state index in [4.69, 9.17) is 4.74 Å². The Bertz CT molecular complexity index is 479. The number of methoxy groups -OCH3 is 1. The fourth-order valence-electron chi connectivity index (χ4n) is 1.89. The van der Waals surface area contributed by atoms with Gasteiger partial charge in [-0.3, -0.25) is 4.98 Å². The van der Waals surface area contributed by atoms with Crippen LogP contribution < -0.4 is 4.74 Å². The molecule has 84 valence electrons. The largest absolute Gasteiger partial charge is 0.497 e. The average molecular weight is 215 g/mol. The van der Waals surface area contributed by atoms with E-state index in [-0.39, 0.29) is 0 Å². The van der Waals surface area contributed by atoms with Gasteiger partial charge in [0.15, 0.2) is 0 Å². The maximum atomic E-state index is 5.25. The summed E-state index contributed by atoms with van der Waals surface area (Å²) in [5.41, 5.74) is 2.42. The van der Waals surface area contributed by atoms with E-state index in [1.807, 2.05) is 18.3 Å². The van der Waals surface area contributed by atoms with Gasteiger partial charge in [0.25, 0.3) is 0 Å². The van der Waals surface area contributed by atoms with Gasteiger partial charge in [0.2, 0.25) is 0 Å². The van der Waals surface area contributed by atoms with Gasteiger partial charge in [0.05, 0.1) is 12.6 Å². The molecule has 0 saturated carbocycles. The molecule has 0 spiro atoms. The highest BCUT2D eigenvalue weighted by molar-refractivity contribution is 5.83. The van der Waals surface area contributed by atoms with Gasteiger partial charge in [0, 0.05) is 11.6 Å². The highest BCUT2D eigenvalue weighted by Crippen LogP contribution is 2.23. The standard InChI is InChI=1S/C14H17NO/c1-3-4-5-11-8-9-15-14-7-6-12(16-2)10-13(11)14/h6-10H,3-5H2,1-2H3. The minimum atomic E-state index is 0.901. The zero-order valence-corrected chi connectivity index (χ0v) is 9.86. The molecule has 0 saturated heterocycles. The van der Waals surface area contributed by atoms with Crippen LogP contribution in [0.4, 0.5) is 0 Å². The van der Waals surface area contributed by atoms with Gasteiger partial charge in [-0.2, -0.15) is 0 Å². The number of rotatable bonds is 4. The van der Waals surface area contributed by atoms with E-state index in [1.165, 1.54) is 23.8 Å². The molecule has 2 rings (SSSR count). The molecule has 0 aliphatic carbocycles. The van der Waals surface area contributed by atoms with E-state index in [9.17, 15) is 0 Å².